The van der Waals surface area contributed by atoms with Gasteiger partial charge < -0.3 is 30.0 Å². The molecule has 0 unspecified atom stereocenters. The van der Waals surface area contributed by atoms with E-state index in [4.69, 9.17) is 24.7 Å². The summed E-state index contributed by atoms with van der Waals surface area (Å²) in [5.41, 5.74) is 5.86. The van der Waals surface area contributed by atoms with Gasteiger partial charge in [0.1, 0.15) is 23.3 Å². The molecule has 2 aliphatic rings. The lowest BCUT2D eigenvalue weighted by molar-refractivity contribution is -0.137. The van der Waals surface area contributed by atoms with E-state index in [9.17, 15) is 13.2 Å². The Morgan fingerprint density at radius 1 is 1.15 bits per heavy atom. The van der Waals surface area contributed by atoms with Crippen LogP contribution in [0.1, 0.15) is 36.3 Å². The van der Waals surface area contributed by atoms with Crippen LogP contribution in [0.25, 0.3) is 10.9 Å². The van der Waals surface area contributed by atoms with Crippen LogP contribution in [-0.2, 0) is 10.9 Å². The fraction of sp³-hybridized carbons (Fsp3) is 0.391. The second-order valence-corrected chi connectivity index (χ2v) is 8.31. The Morgan fingerprint density at radius 3 is 2.68 bits per heavy atom. The molecule has 8 nitrogen and oxygen atoms in total. The molecule has 2 aliphatic heterocycles. The third kappa shape index (κ3) is 4.23. The third-order valence-electron chi connectivity index (χ3n) is 5.72. The fourth-order valence-corrected chi connectivity index (χ4v) is 4.09. The Morgan fingerprint density at radius 2 is 1.94 bits per heavy atom. The molecule has 5 rings (SSSR count). The molecule has 2 atom stereocenters. The zero-order valence-electron chi connectivity index (χ0n) is 18.5. The minimum Gasteiger partial charge on any atom is -0.484 e. The number of alkyl halides is 3. The minimum absolute atomic E-state index is 0.0255. The molecule has 0 amide bonds. The standard InChI is InChI=1S/C23H23F3N4O4/c1-11(13-5-14(23(24,25)26)7-15(27)6-13)28-22-17-8-18(34-16-3-4-31-9-16)20-21(33-10-32-20)19(17)29-12(2)30-22/h5-8,11,16H,3-4,9-10,27H2,1-2H3,(H,28,29,30)/t11-,16+/m1/s1. The van der Waals surface area contributed by atoms with E-state index in [0.29, 0.717) is 58.6 Å². The van der Waals surface area contributed by atoms with Gasteiger partial charge in [0.15, 0.2) is 11.5 Å². The number of hydrogen-bond donors (Lipinski definition) is 2. The molecule has 0 aliphatic carbocycles. The average molecular weight is 476 g/mol. The van der Waals surface area contributed by atoms with Crippen molar-refractivity contribution in [2.45, 2.75) is 38.6 Å². The van der Waals surface area contributed by atoms with Crippen LogP contribution in [0.3, 0.4) is 0 Å². The number of hydrogen-bond acceptors (Lipinski definition) is 8. The quantitative estimate of drug-likeness (QED) is 0.515. The maximum Gasteiger partial charge on any atom is 0.416 e. The second kappa shape index (κ2) is 8.39. The fourth-order valence-electron chi connectivity index (χ4n) is 4.09. The summed E-state index contributed by atoms with van der Waals surface area (Å²) in [6.07, 6.45) is -3.88. The number of nitrogens with two attached hydrogens (primary N) is 1. The maximum absolute atomic E-state index is 13.3. The highest BCUT2D eigenvalue weighted by molar-refractivity contribution is 5.97. The van der Waals surface area contributed by atoms with Crippen molar-refractivity contribution in [3.8, 4) is 17.2 Å². The number of anilines is 2. The lowest BCUT2D eigenvalue weighted by Crippen LogP contribution is -2.16. The molecule has 3 heterocycles. The van der Waals surface area contributed by atoms with E-state index < -0.39 is 17.8 Å². The van der Waals surface area contributed by atoms with Gasteiger partial charge in [0.2, 0.25) is 12.5 Å². The molecule has 11 heteroatoms. The van der Waals surface area contributed by atoms with Crippen LogP contribution in [0.2, 0.25) is 0 Å². The first-order valence-electron chi connectivity index (χ1n) is 10.8. The van der Waals surface area contributed by atoms with Crippen LogP contribution >= 0.6 is 0 Å². The number of halogens is 3. The van der Waals surface area contributed by atoms with Crippen molar-refractivity contribution in [2.24, 2.45) is 0 Å². The molecule has 3 N–H and O–H groups in total. The Hall–Kier alpha value is -3.47. The monoisotopic (exact) mass is 476 g/mol. The van der Waals surface area contributed by atoms with E-state index in [1.54, 1.807) is 19.9 Å². The SMILES string of the molecule is Cc1nc(N[C@H](C)c2cc(N)cc(C(F)(F)F)c2)c2cc(O[C@H]3CCOC3)c3c(c2n1)OCO3. The number of aromatic nitrogens is 2. The predicted octanol–water partition coefficient (Wildman–Crippen LogP) is 4.61. The molecule has 3 aromatic rings. The average Bonchev–Trinajstić information content (AvgIpc) is 3.45. The molecule has 0 spiro atoms. The van der Waals surface area contributed by atoms with Crippen molar-refractivity contribution >= 4 is 22.4 Å². The van der Waals surface area contributed by atoms with Crippen LogP contribution in [0.15, 0.2) is 24.3 Å². The largest absolute Gasteiger partial charge is 0.484 e. The molecule has 0 bridgehead atoms. The van der Waals surface area contributed by atoms with Gasteiger partial charge in [-0.05, 0) is 43.7 Å². The topological polar surface area (TPSA) is 101 Å². The summed E-state index contributed by atoms with van der Waals surface area (Å²) < 4.78 is 62.7. The Balaban J connectivity index is 1.55. The molecule has 34 heavy (non-hydrogen) atoms. The van der Waals surface area contributed by atoms with Gasteiger partial charge in [0, 0.05) is 12.1 Å². The number of benzene rings is 2. The molecule has 1 aromatic heterocycles. The van der Waals surface area contributed by atoms with E-state index >= 15 is 0 Å². The van der Waals surface area contributed by atoms with Gasteiger partial charge >= 0.3 is 6.18 Å². The highest BCUT2D eigenvalue weighted by atomic mass is 19.4. The summed E-state index contributed by atoms with van der Waals surface area (Å²) in [6, 6.07) is 4.72. The van der Waals surface area contributed by atoms with E-state index in [1.165, 1.54) is 6.07 Å². The Bertz CT molecular complexity index is 1250. The Kier molecular flexibility index (Phi) is 5.51. The van der Waals surface area contributed by atoms with Crippen LogP contribution in [0, 0.1) is 6.92 Å². The number of nitrogen functional groups attached to an aromatic ring is 1. The summed E-state index contributed by atoms with van der Waals surface area (Å²) in [5.74, 6) is 2.26. The molecular formula is C23H23F3N4O4. The van der Waals surface area contributed by atoms with Crippen molar-refractivity contribution in [1.82, 2.24) is 9.97 Å². The summed E-state index contributed by atoms with van der Waals surface area (Å²) in [6.45, 7) is 4.57. The van der Waals surface area contributed by atoms with Gasteiger partial charge in [-0.3, -0.25) is 0 Å². The van der Waals surface area contributed by atoms with Crippen molar-refractivity contribution in [3.05, 3.63) is 41.2 Å². The molecule has 180 valence electrons. The molecule has 0 radical (unpaired) electrons. The molecular weight excluding hydrogens is 453 g/mol. The number of fused-ring (bicyclic) bond motifs is 3. The van der Waals surface area contributed by atoms with Gasteiger partial charge in [-0.1, -0.05) is 0 Å². The highest BCUT2D eigenvalue weighted by Crippen LogP contribution is 2.48. The number of aryl methyl sites for hydroxylation is 1. The maximum atomic E-state index is 13.3. The number of rotatable bonds is 5. The van der Waals surface area contributed by atoms with Crippen LogP contribution in [-0.4, -0.2) is 36.1 Å². The summed E-state index contributed by atoms with van der Waals surface area (Å²) >= 11 is 0. The normalized spacial score (nSPS) is 18.3. The summed E-state index contributed by atoms with van der Waals surface area (Å²) in [7, 11) is 0. The van der Waals surface area contributed by atoms with Gasteiger partial charge in [-0.25, -0.2) is 9.97 Å². The smallest absolute Gasteiger partial charge is 0.416 e. The Labute approximate surface area is 193 Å². The van der Waals surface area contributed by atoms with Crippen molar-refractivity contribution in [3.63, 3.8) is 0 Å². The minimum atomic E-state index is -4.50. The van der Waals surface area contributed by atoms with E-state index in [0.717, 1.165) is 18.6 Å². The number of ether oxygens (including phenoxy) is 4. The van der Waals surface area contributed by atoms with Crippen LogP contribution in [0.5, 0.6) is 17.2 Å². The molecule has 1 saturated heterocycles. The van der Waals surface area contributed by atoms with Crippen molar-refractivity contribution in [2.75, 3.05) is 31.1 Å². The van der Waals surface area contributed by atoms with Crippen LogP contribution < -0.4 is 25.3 Å². The molecule has 0 saturated carbocycles. The van der Waals surface area contributed by atoms with E-state index in [1.807, 2.05) is 0 Å². The first-order chi connectivity index (χ1) is 16.2. The summed E-state index contributed by atoms with van der Waals surface area (Å²) in [5, 5.41) is 3.80. The first-order valence-corrected chi connectivity index (χ1v) is 10.8. The molecule has 2 aromatic carbocycles. The lowest BCUT2D eigenvalue weighted by Gasteiger charge is -2.20. The predicted molar refractivity (Wildman–Crippen MR) is 118 cm³/mol. The highest BCUT2D eigenvalue weighted by Gasteiger charge is 2.32. The third-order valence-corrected chi connectivity index (χ3v) is 5.72. The van der Waals surface area contributed by atoms with Gasteiger partial charge in [0.05, 0.1) is 30.2 Å². The molecule has 1 fully saturated rings. The van der Waals surface area contributed by atoms with E-state index in [2.05, 4.69) is 15.3 Å². The van der Waals surface area contributed by atoms with Gasteiger partial charge in [-0.15, -0.1) is 0 Å². The zero-order valence-corrected chi connectivity index (χ0v) is 18.5. The van der Waals surface area contributed by atoms with Crippen molar-refractivity contribution < 1.29 is 32.1 Å². The second-order valence-electron chi connectivity index (χ2n) is 8.31. The van der Waals surface area contributed by atoms with Crippen LogP contribution in [0.4, 0.5) is 24.7 Å². The number of nitrogens with one attached hydrogen (secondary N) is 1. The van der Waals surface area contributed by atoms with Gasteiger partial charge in [0.25, 0.3) is 0 Å². The van der Waals surface area contributed by atoms with Gasteiger partial charge in [-0.2, -0.15) is 13.2 Å². The lowest BCUT2D eigenvalue weighted by atomic mass is 10.0. The van der Waals surface area contributed by atoms with E-state index in [-0.39, 0.29) is 18.6 Å². The number of nitrogens with zero attached hydrogens (tertiary/aromatic N) is 2. The zero-order chi connectivity index (χ0) is 24.0. The van der Waals surface area contributed by atoms with Crippen molar-refractivity contribution in [1.29, 1.82) is 0 Å². The first kappa shape index (κ1) is 22.3. The summed E-state index contributed by atoms with van der Waals surface area (Å²) in [4.78, 5) is 9.02.